The number of rotatable bonds is 6. The lowest BCUT2D eigenvalue weighted by Crippen LogP contribution is -2.26. The molecule has 1 heterocycles. The molecule has 0 unspecified atom stereocenters. The Balaban J connectivity index is 2.19. The van der Waals surface area contributed by atoms with E-state index in [9.17, 15) is 0 Å². The van der Waals surface area contributed by atoms with E-state index in [0.717, 1.165) is 26.1 Å². The van der Waals surface area contributed by atoms with Gasteiger partial charge in [-0.05, 0) is 49.2 Å². The van der Waals surface area contributed by atoms with Crippen LogP contribution in [0.5, 0.6) is 0 Å². The summed E-state index contributed by atoms with van der Waals surface area (Å²) in [5, 5.41) is 0. The first-order chi connectivity index (χ1) is 9.31. The summed E-state index contributed by atoms with van der Waals surface area (Å²) >= 11 is 0. The number of para-hydroxylation sites is 1. The molecule has 0 bridgehead atoms. The van der Waals surface area contributed by atoms with Crippen LogP contribution in [0.4, 0.5) is 5.69 Å². The van der Waals surface area contributed by atoms with Crippen LogP contribution < -0.4 is 10.6 Å². The van der Waals surface area contributed by atoms with Gasteiger partial charge in [0.15, 0.2) is 0 Å². The molecule has 0 radical (unpaired) electrons. The maximum Gasteiger partial charge on any atom is 0.0430 e. The topological polar surface area (TPSA) is 42.1 Å². The molecule has 2 aromatic rings. The van der Waals surface area contributed by atoms with Crippen LogP contribution in [0.2, 0.25) is 0 Å². The minimum atomic E-state index is 0.721. The van der Waals surface area contributed by atoms with Crippen molar-refractivity contribution in [1.29, 1.82) is 0 Å². The summed E-state index contributed by atoms with van der Waals surface area (Å²) in [5.74, 6) is 0. The van der Waals surface area contributed by atoms with E-state index >= 15 is 0 Å². The second-order valence-corrected chi connectivity index (χ2v) is 4.71. The molecule has 0 aliphatic rings. The molecule has 1 aromatic carbocycles. The number of anilines is 1. The lowest BCUT2D eigenvalue weighted by atomic mass is 10.1. The molecule has 0 saturated carbocycles. The van der Waals surface area contributed by atoms with Crippen molar-refractivity contribution in [3.05, 3.63) is 59.9 Å². The highest BCUT2D eigenvalue weighted by Crippen LogP contribution is 2.21. The number of nitrogens with two attached hydrogens (primary N) is 1. The fraction of sp³-hybridized carbons (Fsp3) is 0.312. The van der Waals surface area contributed by atoms with E-state index in [2.05, 4.69) is 53.2 Å². The summed E-state index contributed by atoms with van der Waals surface area (Å²) in [6.07, 6.45) is 4.68. The van der Waals surface area contributed by atoms with Gasteiger partial charge >= 0.3 is 0 Å². The second kappa shape index (κ2) is 6.90. The maximum atomic E-state index is 5.65. The van der Waals surface area contributed by atoms with Crippen LogP contribution in [0.25, 0.3) is 0 Å². The van der Waals surface area contributed by atoms with Gasteiger partial charge in [0.25, 0.3) is 0 Å². The molecule has 2 rings (SSSR count). The van der Waals surface area contributed by atoms with E-state index in [-0.39, 0.29) is 0 Å². The summed E-state index contributed by atoms with van der Waals surface area (Å²) < 4.78 is 0. The number of benzene rings is 1. The Hall–Kier alpha value is -1.87. The Morgan fingerprint density at radius 2 is 1.84 bits per heavy atom. The van der Waals surface area contributed by atoms with Gasteiger partial charge < -0.3 is 10.6 Å². The summed E-state index contributed by atoms with van der Waals surface area (Å²) in [6.45, 7) is 4.74. The average Bonchev–Trinajstić information content (AvgIpc) is 2.45. The number of hydrogen-bond donors (Lipinski definition) is 1. The van der Waals surface area contributed by atoms with Gasteiger partial charge in [-0.25, -0.2) is 0 Å². The van der Waals surface area contributed by atoms with Crippen LogP contribution in [0.3, 0.4) is 0 Å². The number of nitrogens with zero attached hydrogens (tertiary/aromatic N) is 2. The molecule has 19 heavy (non-hydrogen) atoms. The van der Waals surface area contributed by atoms with E-state index < -0.39 is 0 Å². The zero-order valence-electron chi connectivity index (χ0n) is 11.4. The first kappa shape index (κ1) is 13.6. The lowest BCUT2D eigenvalue weighted by molar-refractivity contribution is 0.733. The van der Waals surface area contributed by atoms with Crippen LogP contribution in [0.1, 0.15) is 17.5 Å². The summed E-state index contributed by atoms with van der Waals surface area (Å²) in [7, 11) is 0. The van der Waals surface area contributed by atoms with Crippen LogP contribution in [-0.2, 0) is 6.54 Å². The predicted octanol–water partition coefficient (Wildman–Crippen LogP) is 2.75. The van der Waals surface area contributed by atoms with Gasteiger partial charge in [-0.1, -0.05) is 18.2 Å². The highest BCUT2D eigenvalue weighted by molar-refractivity contribution is 5.53. The molecule has 3 nitrogen and oxygen atoms in total. The van der Waals surface area contributed by atoms with Gasteiger partial charge in [0.05, 0.1) is 0 Å². The summed E-state index contributed by atoms with van der Waals surface area (Å²) in [4.78, 5) is 6.45. The smallest absolute Gasteiger partial charge is 0.0430 e. The largest absolute Gasteiger partial charge is 0.367 e. The third-order valence-electron chi connectivity index (χ3n) is 3.21. The molecule has 0 amide bonds. The van der Waals surface area contributed by atoms with E-state index in [1.165, 1.54) is 16.8 Å². The van der Waals surface area contributed by atoms with Crippen LogP contribution in [0.15, 0.2) is 48.8 Å². The standard InChI is InChI=1S/C16H21N3/c1-14-5-2-3-6-16(14)19(12-4-9-17)13-15-7-10-18-11-8-15/h2-3,5-8,10-11H,4,9,12-13,17H2,1H3. The Bertz CT molecular complexity index is 496. The van der Waals surface area contributed by atoms with Gasteiger partial charge in [-0.2, -0.15) is 0 Å². The Labute approximate surface area is 115 Å². The van der Waals surface area contributed by atoms with Crippen molar-refractivity contribution >= 4 is 5.69 Å². The zero-order valence-corrected chi connectivity index (χ0v) is 11.4. The molecule has 0 atom stereocenters. The number of hydrogen-bond acceptors (Lipinski definition) is 3. The van der Waals surface area contributed by atoms with Gasteiger partial charge in [0.1, 0.15) is 0 Å². The van der Waals surface area contributed by atoms with Crippen molar-refractivity contribution in [2.45, 2.75) is 19.9 Å². The highest BCUT2D eigenvalue weighted by Gasteiger charge is 2.09. The number of aryl methyl sites for hydroxylation is 1. The molecule has 2 N–H and O–H groups in total. The molecule has 0 fully saturated rings. The molecule has 0 aliphatic carbocycles. The first-order valence-corrected chi connectivity index (χ1v) is 6.71. The van der Waals surface area contributed by atoms with E-state index in [1.807, 2.05) is 12.4 Å². The van der Waals surface area contributed by atoms with E-state index in [4.69, 9.17) is 5.73 Å². The third kappa shape index (κ3) is 3.80. The Morgan fingerprint density at radius 1 is 1.11 bits per heavy atom. The predicted molar refractivity (Wildman–Crippen MR) is 80.1 cm³/mol. The fourth-order valence-electron chi connectivity index (χ4n) is 2.19. The number of aromatic nitrogens is 1. The molecule has 0 aliphatic heterocycles. The first-order valence-electron chi connectivity index (χ1n) is 6.71. The zero-order chi connectivity index (χ0) is 13.5. The van der Waals surface area contributed by atoms with Gasteiger partial charge in [-0.3, -0.25) is 4.98 Å². The average molecular weight is 255 g/mol. The second-order valence-electron chi connectivity index (χ2n) is 4.71. The number of pyridine rings is 1. The van der Waals surface area contributed by atoms with Gasteiger partial charge in [0.2, 0.25) is 0 Å². The van der Waals surface area contributed by atoms with E-state index in [1.54, 1.807) is 0 Å². The van der Waals surface area contributed by atoms with Crippen molar-refractivity contribution in [2.75, 3.05) is 18.0 Å². The fourth-order valence-corrected chi connectivity index (χ4v) is 2.19. The van der Waals surface area contributed by atoms with Gasteiger partial charge in [-0.15, -0.1) is 0 Å². The third-order valence-corrected chi connectivity index (χ3v) is 3.21. The molecule has 3 heteroatoms. The highest BCUT2D eigenvalue weighted by atomic mass is 15.1. The summed E-state index contributed by atoms with van der Waals surface area (Å²) in [6, 6.07) is 12.6. The minimum absolute atomic E-state index is 0.721. The van der Waals surface area contributed by atoms with Crippen LogP contribution >= 0.6 is 0 Å². The SMILES string of the molecule is Cc1ccccc1N(CCCN)Cc1ccncc1. The van der Waals surface area contributed by atoms with Crippen molar-refractivity contribution in [3.8, 4) is 0 Å². The summed E-state index contributed by atoms with van der Waals surface area (Å²) in [5.41, 5.74) is 9.51. The minimum Gasteiger partial charge on any atom is -0.367 e. The van der Waals surface area contributed by atoms with Crippen molar-refractivity contribution in [1.82, 2.24) is 4.98 Å². The Morgan fingerprint density at radius 3 is 2.53 bits per heavy atom. The monoisotopic (exact) mass is 255 g/mol. The lowest BCUT2D eigenvalue weighted by Gasteiger charge is -2.26. The van der Waals surface area contributed by atoms with Crippen molar-refractivity contribution in [2.24, 2.45) is 5.73 Å². The normalized spacial score (nSPS) is 10.4. The molecule has 100 valence electrons. The molecular formula is C16H21N3. The maximum absolute atomic E-state index is 5.65. The van der Waals surface area contributed by atoms with Crippen LogP contribution in [-0.4, -0.2) is 18.1 Å². The van der Waals surface area contributed by atoms with Crippen molar-refractivity contribution < 1.29 is 0 Å². The molecule has 0 saturated heterocycles. The Kier molecular flexibility index (Phi) is 4.93. The van der Waals surface area contributed by atoms with Crippen molar-refractivity contribution in [3.63, 3.8) is 0 Å². The molecule has 1 aromatic heterocycles. The quantitative estimate of drug-likeness (QED) is 0.863. The van der Waals surface area contributed by atoms with E-state index in [0.29, 0.717) is 0 Å². The molecule has 0 spiro atoms. The van der Waals surface area contributed by atoms with Crippen LogP contribution in [0, 0.1) is 6.92 Å². The molecular weight excluding hydrogens is 234 g/mol. The van der Waals surface area contributed by atoms with Gasteiger partial charge in [0, 0.05) is 31.2 Å².